The number of aryl methyl sites for hydroxylation is 2. The maximum absolute atomic E-state index is 15.7. The fourth-order valence-corrected chi connectivity index (χ4v) is 7.60. The second-order valence-corrected chi connectivity index (χ2v) is 12.1. The molecular formula is C29H24F6N2S2. The van der Waals surface area contributed by atoms with E-state index in [1.54, 1.807) is 48.5 Å². The maximum Gasteiger partial charge on any atom is 0.380 e. The van der Waals surface area contributed by atoms with Gasteiger partial charge in [0.2, 0.25) is 0 Å². The number of nitrogen functional groups attached to an aromatic ring is 2. The number of benzene rings is 2. The molecule has 39 heavy (non-hydrogen) atoms. The van der Waals surface area contributed by atoms with Crippen molar-refractivity contribution in [2.75, 3.05) is 11.5 Å². The van der Waals surface area contributed by atoms with Crippen LogP contribution in [0.4, 0.5) is 37.7 Å². The highest BCUT2D eigenvalue weighted by Gasteiger charge is 2.80. The van der Waals surface area contributed by atoms with E-state index in [1.807, 2.05) is 0 Å². The predicted octanol–water partition coefficient (Wildman–Crippen LogP) is 9.37. The first-order chi connectivity index (χ1) is 18.1. The number of hydrogen-bond acceptors (Lipinski definition) is 4. The van der Waals surface area contributed by atoms with Crippen molar-refractivity contribution in [1.29, 1.82) is 0 Å². The Morgan fingerprint density at radius 2 is 0.846 bits per heavy atom. The van der Waals surface area contributed by atoms with Gasteiger partial charge >= 0.3 is 17.8 Å². The van der Waals surface area contributed by atoms with E-state index in [0.29, 0.717) is 32.3 Å². The summed E-state index contributed by atoms with van der Waals surface area (Å²) in [6.07, 6.45) is 0. The van der Waals surface area contributed by atoms with Crippen LogP contribution < -0.4 is 11.5 Å². The van der Waals surface area contributed by atoms with Crippen LogP contribution in [0, 0.1) is 27.7 Å². The van der Waals surface area contributed by atoms with Gasteiger partial charge in [-0.15, -0.1) is 22.7 Å². The average molecular weight is 579 g/mol. The zero-order valence-electron chi connectivity index (χ0n) is 21.4. The molecule has 2 heterocycles. The Labute approximate surface area is 229 Å². The molecule has 0 saturated carbocycles. The second-order valence-electron chi connectivity index (χ2n) is 9.69. The molecule has 0 saturated heterocycles. The number of allylic oxidation sites excluding steroid dienone is 2. The summed E-state index contributed by atoms with van der Waals surface area (Å²) in [5, 5.41) is 0. The first-order valence-electron chi connectivity index (χ1n) is 11.9. The quantitative estimate of drug-likeness (QED) is 0.187. The highest BCUT2D eigenvalue weighted by Crippen LogP contribution is 2.67. The number of thiophene rings is 2. The van der Waals surface area contributed by atoms with Gasteiger partial charge in [0.05, 0.1) is 0 Å². The van der Waals surface area contributed by atoms with Gasteiger partial charge in [-0.2, -0.15) is 26.3 Å². The topological polar surface area (TPSA) is 52.0 Å². The highest BCUT2D eigenvalue weighted by atomic mass is 32.1. The van der Waals surface area contributed by atoms with Crippen molar-refractivity contribution in [3.8, 4) is 20.9 Å². The molecule has 0 atom stereocenters. The van der Waals surface area contributed by atoms with Crippen LogP contribution in [0.2, 0.25) is 0 Å². The minimum Gasteiger partial charge on any atom is -0.399 e. The minimum absolute atomic E-state index is 0.229. The van der Waals surface area contributed by atoms with Crippen molar-refractivity contribution in [2.24, 2.45) is 0 Å². The van der Waals surface area contributed by atoms with Crippen LogP contribution in [-0.2, 0) is 0 Å². The van der Waals surface area contributed by atoms with E-state index in [4.69, 9.17) is 11.5 Å². The molecule has 10 heteroatoms. The zero-order chi connectivity index (χ0) is 28.7. The molecule has 0 bridgehead atoms. The zero-order valence-corrected chi connectivity index (χ0v) is 23.0. The number of nitrogens with two attached hydrogens (primary N) is 2. The first kappa shape index (κ1) is 27.3. The molecule has 2 aromatic carbocycles. The summed E-state index contributed by atoms with van der Waals surface area (Å²) in [5.41, 5.74) is 11.0. The van der Waals surface area contributed by atoms with Crippen LogP contribution in [0.3, 0.4) is 0 Å². The van der Waals surface area contributed by atoms with E-state index in [0.717, 1.165) is 22.7 Å². The Kier molecular flexibility index (Phi) is 6.23. The standard InChI is InChI=1S/C29H24F6N2S2/c1-13-21(15(3)38-25(13)17-5-9-19(36)10-6-17)23-24(28(32,33)29(34,35)27(23,30)31)22-14(2)26(39-16(22)4)18-7-11-20(37)12-8-18/h5-12H,36-37H2,1-4H3. The summed E-state index contributed by atoms with van der Waals surface area (Å²) < 4.78 is 92.8. The third kappa shape index (κ3) is 3.82. The van der Waals surface area contributed by atoms with Crippen LogP contribution in [0.15, 0.2) is 48.5 Å². The Morgan fingerprint density at radius 1 is 0.538 bits per heavy atom. The van der Waals surface area contributed by atoms with Gasteiger partial charge in [-0.3, -0.25) is 0 Å². The summed E-state index contributed by atoms with van der Waals surface area (Å²) in [7, 11) is 0. The molecule has 4 aromatic rings. The van der Waals surface area contributed by atoms with Crippen LogP contribution in [0.1, 0.15) is 32.0 Å². The molecular weight excluding hydrogens is 554 g/mol. The monoisotopic (exact) mass is 578 g/mol. The molecule has 2 aromatic heterocycles. The Balaban J connectivity index is 1.84. The maximum atomic E-state index is 15.7. The summed E-state index contributed by atoms with van der Waals surface area (Å²) in [4.78, 5) is 1.52. The molecule has 0 unspecified atom stereocenters. The van der Waals surface area contributed by atoms with Crippen molar-refractivity contribution in [2.45, 2.75) is 45.5 Å². The van der Waals surface area contributed by atoms with E-state index < -0.39 is 28.9 Å². The fraction of sp³-hybridized carbons (Fsp3) is 0.241. The summed E-state index contributed by atoms with van der Waals surface area (Å²) >= 11 is 2.18. The second kappa shape index (κ2) is 8.89. The lowest BCUT2D eigenvalue weighted by atomic mass is 9.90. The van der Waals surface area contributed by atoms with Gasteiger partial charge in [-0.05, 0) is 74.2 Å². The molecule has 5 rings (SSSR count). The molecule has 0 radical (unpaired) electrons. The smallest absolute Gasteiger partial charge is 0.380 e. The lowest BCUT2D eigenvalue weighted by Crippen LogP contribution is -2.49. The van der Waals surface area contributed by atoms with Gasteiger partial charge < -0.3 is 11.5 Å². The summed E-state index contributed by atoms with van der Waals surface area (Å²) in [5.74, 6) is -15.9. The molecule has 1 aliphatic carbocycles. The normalized spacial score (nSPS) is 17.7. The lowest BCUT2D eigenvalue weighted by molar-refractivity contribution is -0.254. The molecule has 2 nitrogen and oxygen atoms in total. The highest BCUT2D eigenvalue weighted by molar-refractivity contribution is 7.16. The minimum atomic E-state index is -5.63. The Hall–Kier alpha value is -3.24. The molecule has 204 valence electrons. The third-order valence-electron chi connectivity index (χ3n) is 7.16. The number of hydrogen-bond donors (Lipinski definition) is 2. The SMILES string of the molecule is Cc1sc(-c2ccc(N)cc2)c(C)c1C1=C(c2c(C)sc(-c3ccc(N)cc3)c2C)C(F)(F)C(F)(F)C1(F)F. The predicted molar refractivity (Wildman–Crippen MR) is 149 cm³/mol. The summed E-state index contributed by atoms with van der Waals surface area (Å²) in [6.45, 7) is 5.95. The summed E-state index contributed by atoms with van der Waals surface area (Å²) in [6, 6.07) is 13.2. The van der Waals surface area contributed by atoms with Crippen molar-refractivity contribution in [1.82, 2.24) is 0 Å². The molecule has 1 aliphatic rings. The van der Waals surface area contributed by atoms with Gasteiger partial charge in [0.25, 0.3) is 0 Å². The Bertz CT molecular complexity index is 1510. The van der Waals surface area contributed by atoms with Gasteiger partial charge in [0, 0.05) is 53.2 Å². The van der Waals surface area contributed by atoms with E-state index in [2.05, 4.69) is 0 Å². The van der Waals surface area contributed by atoms with E-state index in [1.165, 1.54) is 27.7 Å². The lowest BCUT2D eigenvalue weighted by Gasteiger charge is -2.26. The van der Waals surface area contributed by atoms with Crippen LogP contribution in [-0.4, -0.2) is 17.8 Å². The van der Waals surface area contributed by atoms with Crippen LogP contribution in [0.5, 0.6) is 0 Å². The van der Waals surface area contributed by atoms with Crippen molar-refractivity contribution in [3.63, 3.8) is 0 Å². The third-order valence-corrected chi connectivity index (χ3v) is 9.67. The van der Waals surface area contributed by atoms with E-state index in [-0.39, 0.29) is 32.0 Å². The number of anilines is 2. The van der Waals surface area contributed by atoms with E-state index in [9.17, 15) is 0 Å². The van der Waals surface area contributed by atoms with Gasteiger partial charge in [0.15, 0.2) is 0 Å². The number of halogens is 6. The largest absolute Gasteiger partial charge is 0.399 e. The van der Waals surface area contributed by atoms with Crippen LogP contribution >= 0.6 is 22.7 Å². The van der Waals surface area contributed by atoms with E-state index >= 15 is 26.3 Å². The van der Waals surface area contributed by atoms with Gasteiger partial charge in [-0.1, -0.05) is 24.3 Å². The number of rotatable bonds is 4. The molecule has 0 amide bonds. The van der Waals surface area contributed by atoms with Crippen molar-refractivity contribution in [3.05, 3.63) is 80.5 Å². The van der Waals surface area contributed by atoms with Crippen molar-refractivity contribution >= 4 is 45.2 Å². The van der Waals surface area contributed by atoms with Gasteiger partial charge in [-0.25, -0.2) is 0 Å². The fourth-order valence-electron chi connectivity index (χ4n) is 5.25. The molecule has 0 fully saturated rings. The number of alkyl halides is 6. The van der Waals surface area contributed by atoms with Crippen molar-refractivity contribution < 1.29 is 26.3 Å². The van der Waals surface area contributed by atoms with Crippen LogP contribution in [0.25, 0.3) is 32.0 Å². The Morgan fingerprint density at radius 3 is 1.15 bits per heavy atom. The molecule has 0 aliphatic heterocycles. The van der Waals surface area contributed by atoms with Gasteiger partial charge in [0.1, 0.15) is 0 Å². The molecule has 4 N–H and O–H groups in total. The molecule has 0 spiro atoms. The average Bonchev–Trinajstić information content (AvgIpc) is 3.35. The first-order valence-corrected chi connectivity index (χ1v) is 13.6.